The standard InChI is InChI=1S/C56H72N8O6/c1-8-35-15-13-34-14-16-36(40(25-34)38-18-20-42-44(27-38)60-50(58-42)46-29-56(23-24-56)31-64(46)52(66)48(33(4)5)62-54(68)70-7)11-9-10-12-39(35)37-17-19-41-43(26-37)59-49(57-41)45-28-55(21-22-55)30-63(45)51(65)47(32(2)3)61-53(67)69-6/h14,16-20,25-27,32-33,35,39,45-48H,8-13,15,21-24,28-31H2,1-7H3,(H,57,59)(H,58,60)(H,61,67)(H,62,68)/t35-,39?,45+,46?,47+,48+/m1/s1. The summed E-state index contributed by atoms with van der Waals surface area (Å²) in [6, 6.07) is 18.7. The van der Waals surface area contributed by atoms with Crippen molar-refractivity contribution in [2.24, 2.45) is 28.6 Å². The SMILES string of the molecule is CC[C@@H]1CCc2ccc(c(-c3ccc4nc(C5CC6(CC6)CN5C(=O)[C@@H](NC(=O)OC)C(C)C)[nH]c4c3)c2)CCCCC1c1ccc2[nH]c([C@@H]3CC4(CC4)CN3C(=O)[C@@H](NC(=O)OC)C(C)C)nc2c1. The molecule has 4 aliphatic carbocycles. The first-order valence-electron chi connectivity index (χ1n) is 26.1. The summed E-state index contributed by atoms with van der Waals surface area (Å²) in [5, 5.41) is 5.60. The van der Waals surface area contributed by atoms with E-state index in [1.807, 2.05) is 37.5 Å². The molecule has 4 heterocycles. The smallest absolute Gasteiger partial charge is 0.407 e. The second-order valence-corrected chi connectivity index (χ2v) is 22.4. The molecule has 2 unspecified atom stereocenters. The Labute approximate surface area is 411 Å². The Morgan fingerprint density at radius 2 is 1.30 bits per heavy atom. The molecular weight excluding hydrogens is 881 g/mol. The van der Waals surface area contributed by atoms with Crippen LogP contribution in [0.15, 0.2) is 54.6 Å². The van der Waals surface area contributed by atoms with Gasteiger partial charge in [-0.25, -0.2) is 19.6 Å². The maximum absolute atomic E-state index is 14.2. The highest BCUT2D eigenvalue weighted by atomic mass is 16.5. The largest absolute Gasteiger partial charge is 0.453 e. The number of methoxy groups -OCH3 is 2. The molecule has 11 rings (SSSR count). The van der Waals surface area contributed by atoms with Crippen molar-refractivity contribution < 1.29 is 28.7 Å². The summed E-state index contributed by atoms with van der Waals surface area (Å²) in [4.78, 5) is 74.4. The van der Waals surface area contributed by atoms with Gasteiger partial charge in [0, 0.05) is 13.1 Å². The van der Waals surface area contributed by atoms with Gasteiger partial charge in [-0.05, 0) is 157 Å². The third-order valence-corrected chi connectivity index (χ3v) is 17.0. The maximum atomic E-state index is 14.2. The van der Waals surface area contributed by atoms with Gasteiger partial charge < -0.3 is 39.9 Å². The average molecular weight is 953 g/mol. The van der Waals surface area contributed by atoms with Crippen molar-refractivity contribution >= 4 is 46.1 Å². The number of aromatic nitrogens is 4. The van der Waals surface area contributed by atoms with Crippen molar-refractivity contribution in [2.45, 2.75) is 148 Å². The fourth-order valence-electron chi connectivity index (χ4n) is 12.3. The topological polar surface area (TPSA) is 175 Å². The Bertz CT molecular complexity index is 2790. The number of fused-ring (bicyclic) bond motifs is 11. The molecular formula is C56H72N8O6. The van der Waals surface area contributed by atoms with Crippen molar-refractivity contribution in [3.63, 3.8) is 0 Å². The summed E-state index contributed by atoms with van der Waals surface area (Å²) in [6.45, 7) is 11.5. The molecule has 2 saturated heterocycles. The van der Waals surface area contributed by atoms with Crippen LogP contribution in [-0.4, -0.2) is 93.1 Å². The van der Waals surface area contributed by atoms with Crippen LogP contribution in [0.5, 0.6) is 0 Å². The number of nitrogens with zero attached hydrogens (tertiary/aromatic N) is 4. The molecule has 4 fully saturated rings. The Morgan fingerprint density at radius 1 is 0.700 bits per heavy atom. The molecule has 372 valence electrons. The number of amides is 4. The van der Waals surface area contributed by atoms with Crippen LogP contribution >= 0.6 is 0 Å². The summed E-state index contributed by atoms with van der Waals surface area (Å²) in [5.41, 5.74) is 10.5. The van der Waals surface area contributed by atoms with E-state index in [1.165, 1.54) is 42.0 Å². The number of likely N-dealkylation sites (tertiary alicyclic amines) is 2. The van der Waals surface area contributed by atoms with E-state index in [9.17, 15) is 19.2 Å². The van der Waals surface area contributed by atoms with Gasteiger partial charge in [0.2, 0.25) is 11.8 Å². The first kappa shape index (κ1) is 47.7. The van der Waals surface area contributed by atoms with Crippen LogP contribution in [0.4, 0.5) is 9.59 Å². The molecule has 2 spiro atoms. The van der Waals surface area contributed by atoms with Gasteiger partial charge in [-0.15, -0.1) is 0 Å². The van der Waals surface area contributed by atoms with E-state index in [-0.39, 0.29) is 46.6 Å². The molecule has 2 aromatic heterocycles. The number of ether oxygens (including phenoxy) is 2. The zero-order valence-electron chi connectivity index (χ0n) is 42.2. The van der Waals surface area contributed by atoms with Crippen molar-refractivity contribution in [3.8, 4) is 11.1 Å². The number of hydrogen-bond donors (Lipinski definition) is 4. The molecule has 2 saturated carbocycles. The van der Waals surface area contributed by atoms with E-state index >= 15 is 0 Å². The fourth-order valence-corrected chi connectivity index (χ4v) is 12.3. The first-order chi connectivity index (χ1) is 33.7. The number of hydrogen-bond acceptors (Lipinski definition) is 8. The predicted molar refractivity (Wildman–Crippen MR) is 270 cm³/mol. The van der Waals surface area contributed by atoms with Crippen LogP contribution in [0, 0.1) is 28.6 Å². The van der Waals surface area contributed by atoms with E-state index in [4.69, 9.17) is 19.4 Å². The third kappa shape index (κ3) is 9.39. The van der Waals surface area contributed by atoms with E-state index in [0.717, 1.165) is 117 Å². The van der Waals surface area contributed by atoms with E-state index in [1.54, 1.807) is 0 Å². The molecule has 5 aromatic rings. The van der Waals surface area contributed by atoms with Crippen LogP contribution in [0.2, 0.25) is 0 Å². The number of nitrogens with one attached hydrogen (secondary N) is 4. The van der Waals surface area contributed by atoms with Crippen molar-refractivity contribution in [1.29, 1.82) is 0 Å². The zero-order valence-corrected chi connectivity index (χ0v) is 42.2. The van der Waals surface area contributed by atoms with Crippen molar-refractivity contribution in [3.05, 3.63) is 82.9 Å². The number of alkyl carbamates (subject to hydrolysis) is 2. The summed E-state index contributed by atoms with van der Waals surface area (Å²) < 4.78 is 9.77. The second kappa shape index (κ2) is 19.0. The molecule has 2 aliphatic heterocycles. The van der Waals surface area contributed by atoms with Gasteiger partial charge in [0.1, 0.15) is 23.7 Å². The maximum Gasteiger partial charge on any atom is 0.407 e. The van der Waals surface area contributed by atoms with E-state index < -0.39 is 24.3 Å². The van der Waals surface area contributed by atoms with Crippen LogP contribution in [-0.2, 0) is 31.9 Å². The second-order valence-electron chi connectivity index (χ2n) is 22.4. The van der Waals surface area contributed by atoms with Crippen LogP contribution in [0.3, 0.4) is 0 Å². The molecule has 6 aliphatic rings. The Morgan fingerprint density at radius 3 is 1.87 bits per heavy atom. The number of benzene rings is 3. The Balaban J connectivity index is 0.867. The summed E-state index contributed by atoms with van der Waals surface area (Å²) in [7, 11) is 2.65. The number of aryl methyl sites for hydroxylation is 2. The Kier molecular flexibility index (Phi) is 13.0. The molecule has 0 radical (unpaired) electrons. The highest BCUT2D eigenvalue weighted by Crippen LogP contribution is 2.59. The number of aromatic amines is 2. The van der Waals surface area contributed by atoms with Gasteiger partial charge in [-0.3, -0.25) is 9.59 Å². The van der Waals surface area contributed by atoms with Crippen molar-refractivity contribution in [2.75, 3.05) is 27.3 Å². The molecule has 3 aromatic carbocycles. The van der Waals surface area contributed by atoms with Crippen LogP contribution < -0.4 is 10.6 Å². The van der Waals surface area contributed by atoms with E-state index in [2.05, 4.69) is 82.1 Å². The molecule has 4 N–H and O–H groups in total. The lowest BCUT2D eigenvalue weighted by molar-refractivity contribution is -0.136. The third-order valence-electron chi connectivity index (χ3n) is 17.0. The van der Waals surface area contributed by atoms with Gasteiger partial charge in [-0.2, -0.15) is 0 Å². The number of carbonyl (C=O) groups excluding carboxylic acids is 4. The normalized spacial score (nSPS) is 23.4. The van der Waals surface area contributed by atoms with Gasteiger partial charge in [0.25, 0.3) is 0 Å². The lowest BCUT2D eigenvalue weighted by Crippen LogP contribution is -2.51. The van der Waals surface area contributed by atoms with E-state index in [0.29, 0.717) is 24.9 Å². The molecule has 14 nitrogen and oxygen atoms in total. The quantitative estimate of drug-likeness (QED) is 0.101. The summed E-state index contributed by atoms with van der Waals surface area (Å²) in [6.07, 6.45) is 12.4. The van der Waals surface area contributed by atoms with Crippen LogP contribution in [0.25, 0.3) is 33.2 Å². The van der Waals surface area contributed by atoms with Gasteiger partial charge in [-0.1, -0.05) is 77.8 Å². The predicted octanol–water partition coefficient (Wildman–Crippen LogP) is 10.4. The number of H-pyrrole nitrogens is 2. The monoisotopic (exact) mass is 953 g/mol. The minimum atomic E-state index is -0.683. The molecule has 2 bridgehead atoms. The molecule has 6 atom stereocenters. The lowest BCUT2D eigenvalue weighted by atomic mass is 9.77. The minimum absolute atomic E-state index is 0.0782. The summed E-state index contributed by atoms with van der Waals surface area (Å²) in [5.74, 6) is 2.16. The minimum Gasteiger partial charge on any atom is -0.453 e. The van der Waals surface area contributed by atoms with Gasteiger partial charge in [0.15, 0.2) is 0 Å². The Hall–Kier alpha value is -5.92. The zero-order chi connectivity index (χ0) is 49.1. The molecule has 4 amide bonds. The molecule has 70 heavy (non-hydrogen) atoms. The first-order valence-corrected chi connectivity index (χ1v) is 26.1. The number of rotatable bonds is 11. The fraction of sp³-hybridized carbons (Fsp3) is 0.571. The summed E-state index contributed by atoms with van der Waals surface area (Å²) >= 11 is 0. The number of carbonyl (C=O) groups is 4. The number of imidazole rings is 2. The average Bonchev–Trinajstić information content (AvgIpc) is 4.00. The molecule has 14 heteroatoms. The lowest BCUT2D eigenvalue weighted by Gasteiger charge is -2.30. The van der Waals surface area contributed by atoms with Gasteiger partial charge in [0.05, 0.1) is 48.4 Å². The van der Waals surface area contributed by atoms with Gasteiger partial charge >= 0.3 is 12.2 Å². The van der Waals surface area contributed by atoms with Crippen molar-refractivity contribution in [1.82, 2.24) is 40.4 Å². The highest BCUT2D eigenvalue weighted by Gasteiger charge is 2.56. The highest BCUT2D eigenvalue weighted by molar-refractivity contribution is 5.88. The van der Waals surface area contributed by atoms with Crippen LogP contribution in [0.1, 0.15) is 152 Å².